The predicted molar refractivity (Wildman–Crippen MR) is 128 cm³/mol. The van der Waals surface area contributed by atoms with E-state index >= 15 is 0 Å². The van der Waals surface area contributed by atoms with Crippen molar-refractivity contribution in [2.45, 2.75) is 63.9 Å². The Labute approximate surface area is 200 Å². The number of ketones is 1. The number of carbonyl (C=O) groups excluding carboxylic acids is 1. The Hall–Kier alpha value is -3.02. The largest absolute Gasteiger partial charge is 0.493 e. The molecular formula is C28H32O6. The normalized spacial score (nSPS) is 19.5. The van der Waals surface area contributed by atoms with Crippen molar-refractivity contribution < 1.29 is 28.9 Å². The number of hydrogen-bond donors (Lipinski definition) is 1. The van der Waals surface area contributed by atoms with Gasteiger partial charge in [0, 0.05) is 17.5 Å². The molecule has 34 heavy (non-hydrogen) atoms. The van der Waals surface area contributed by atoms with Crippen LogP contribution in [-0.2, 0) is 11.2 Å². The number of carbonyl (C=O) groups is 2. The lowest BCUT2D eigenvalue weighted by molar-refractivity contribution is -0.165. The zero-order chi connectivity index (χ0) is 23.9. The van der Waals surface area contributed by atoms with E-state index in [2.05, 4.69) is 0 Å². The molecule has 2 aromatic rings. The van der Waals surface area contributed by atoms with Gasteiger partial charge in [0.05, 0.1) is 14.2 Å². The molecule has 0 spiro atoms. The quantitative estimate of drug-likeness (QED) is 0.513. The van der Waals surface area contributed by atoms with Crippen LogP contribution in [0, 0.1) is 11.3 Å². The molecule has 2 fully saturated rings. The predicted octanol–water partition coefficient (Wildman–Crippen LogP) is 5.69. The number of aliphatic carboxylic acids is 1. The van der Waals surface area contributed by atoms with Crippen molar-refractivity contribution >= 4 is 11.8 Å². The number of Topliss-reactive ketones (excluding diaryl/α,β-unsaturated/α-hetero) is 1. The summed E-state index contributed by atoms with van der Waals surface area (Å²) < 4.78 is 18.1. The van der Waals surface area contributed by atoms with Gasteiger partial charge < -0.3 is 19.3 Å². The van der Waals surface area contributed by atoms with Gasteiger partial charge in [-0.25, -0.2) is 0 Å². The highest BCUT2D eigenvalue weighted by Crippen LogP contribution is 2.53. The van der Waals surface area contributed by atoms with Crippen LogP contribution >= 0.6 is 0 Å². The molecule has 6 nitrogen and oxygen atoms in total. The van der Waals surface area contributed by atoms with Crippen LogP contribution in [0.2, 0.25) is 0 Å². The van der Waals surface area contributed by atoms with E-state index < -0.39 is 17.5 Å². The van der Waals surface area contributed by atoms with E-state index in [0.29, 0.717) is 48.8 Å². The van der Waals surface area contributed by atoms with E-state index in [-0.39, 0.29) is 5.78 Å². The Morgan fingerprint density at radius 2 is 1.76 bits per heavy atom. The Morgan fingerprint density at radius 1 is 1.00 bits per heavy atom. The van der Waals surface area contributed by atoms with Crippen LogP contribution in [0.1, 0.15) is 67.3 Å². The first-order valence-corrected chi connectivity index (χ1v) is 12.3. The Bertz CT molecular complexity index is 1110. The molecule has 3 aliphatic carbocycles. The van der Waals surface area contributed by atoms with E-state index in [0.717, 1.165) is 47.9 Å². The molecule has 0 amide bonds. The topological polar surface area (TPSA) is 82.1 Å². The van der Waals surface area contributed by atoms with Gasteiger partial charge in [0.2, 0.25) is 5.75 Å². The molecule has 0 radical (unpaired) electrons. The fourth-order valence-corrected chi connectivity index (χ4v) is 5.76. The zero-order valence-corrected chi connectivity index (χ0v) is 19.9. The number of hydrogen-bond acceptors (Lipinski definition) is 5. The molecule has 3 aliphatic rings. The monoisotopic (exact) mass is 464 g/mol. The smallest absolute Gasteiger partial charge is 0.313 e. The van der Waals surface area contributed by atoms with Crippen molar-refractivity contribution in [2.75, 3.05) is 14.2 Å². The van der Waals surface area contributed by atoms with E-state index in [4.69, 9.17) is 14.2 Å². The summed E-state index contributed by atoms with van der Waals surface area (Å²) in [5.74, 6) is 1.36. The maximum absolute atomic E-state index is 12.5. The Kier molecular flexibility index (Phi) is 6.00. The third-order valence-corrected chi connectivity index (χ3v) is 8.19. The van der Waals surface area contributed by atoms with Gasteiger partial charge >= 0.3 is 5.97 Å². The summed E-state index contributed by atoms with van der Waals surface area (Å²) in [6, 6.07) is 9.55. The van der Waals surface area contributed by atoms with Gasteiger partial charge in [-0.2, -0.15) is 0 Å². The first kappa shape index (κ1) is 22.8. The second-order valence-corrected chi connectivity index (χ2v) is 9.89. The van der Waals surface area contributed by atoms with Crippen molar-refractivity contribution in [3.63, 3.8) is 0 Å². The maximum atomic E-state index is 12.5. The minimum atomic E-state index is -0.879. The number of benzene rings is 2. The number of rotatable bonds is 9. The van der Waals surface area contributed by atoms with Gasteiger partial charge in [0.1, 0.15) is 11.5 Å². The lowest BCUT2D eigenvalue weighted by Gasteiger charge is -2.46. The minimum Gasteiger partial charge on any atom is -0.493 e. The van der Waals surface area contributed by atoms with Crippen molar-refractivity contribution in [2.24, 2.45) is 11.3 Å². The van der Waals surface area contributed by atoms with Gasteiger partial charge in [0.15, 0.2) is 17.3 Å². The first-order valence-electron chi connectivity index (χ1n) is 12.3. The number of carboxylic acids is 1. The van der Waals surface area contributed by atoms with E-state index in [1.54, 1.807) is 14.2 Å². The number of carboxylic acid groups (broad SMARTS) is 1. The highest BCUT2D eigenvalue weighted by atomic mass is 16.5. The summed E-state index contributed by atoms with van der Waals surface area (Å²) in [7, 11) is 3.15. The third-order valence-electron chi connectivity index (χ3n) is 8.19. The van der Waals surface area contributed by atoms with E-state index in [9.17, 15) is 14.7 Å². The summed E-state index contributed by atoms with van der Waals surface area (Å²) in [5, 5.41) is 10.2. The van der Waals surface area contributed by atoms with Crippen LogP contribution < -0.4 is 14.2 Å². The average molecular weight is 465 g/mol. The van der Waals surface area contributed by atoms with E-state index in [1.165, 1.54) is 6.42 Å². The summed E-state index contributed by atoms with van der Waals surface area (Å²) in [5.41, 5.74) is 2.62. The van der Waals surface area contributed by atoms with Crippen molar-refractivity contribution in [3.8, 4) is 28.4 Å². The summed E-state index contributed by atoms with van der Waals surface area (Å²) in [6.07, 6.45) is 7.01. The number of ether oxygens (including phenoxy) is 3. The second-order valence-electron chi connectivity index (χ2n) is 9.89. The zero-order valence-electron chi connectivity index (χ0n) is 19.9. The average Bonchev–Trinajstić information content (AvgIpc) is 3.15. The van der Waals surface area contributed by atoms with Crippen LogP contribution in [0.4, 0.5) is 0 Å². The van der Waals surface area contributed by atoms with Crippen molar-refractivity contribution in [3.05, 3.63) is 41.5 Å². The van der Waals surface area contributed by atoms with Gasteiger partial charge in [-0.1, -0.05) is 43.9 Å². The second kappa shape index (κ2) is 8.97. The molecule has 0 heterocycles. The molecule has 0 aromatic heterocycles. The summed E-state index contributed by atoms with van der Waals surface area (Å²) >= 11 is 0. The minimum absolute atomic E-state index is 0.155. The fraction of sp³-hybridized carbons (Fsp3) is 0.500. The summed E-state index contributed by atoms with van der Waals surface area (Å²) in [4.78, 5) is 24.9. The van der Waals surface area contributed by atoms with Crippen LogP contribution in [0.25, 0.3) is 11.1 Å². The van der Waals surface area contributed by atoms with Crippen LogP contribution in [-0.4, -0.2) is 37.2 Å². The number of fused-ring (bicyclic) bond motifs is 1. The highest BCUT2D eigenvalue weighted by Gasteiger charge is 2.53. The summed E-state index contributed by atoms with van der Waals surface area (Å²) in [6.45, 7) is 0. The van der Waals surface area contributed by atoms with Crippen LogP contribution in [0.5, 0.6) is 17.2 Å². The lowest BCUT2D eigenvalue weighted by Crippen LogP contribution is -2.51. The van der Waals surface area contributed by atoms with Gasteiger partial charge in [-0.3, -0.25) is 9.59 Å². The molecule has 2 aromatic carbocycles. The first-order chi connectivity index (χ1) is 16.5. The lowest BCUT2D eigenvalue weighted by atomic mass is 9.62. The van der Waals surface area contributed by atoms with Crippen LogP contribution in [0.15, 0.2) is 30.3 Å². The van der Waals surface area contributed by atoms with Gasteiger partial charge in [0.25, 0.3) is 0 Å². The molecule has 0 aliphatic heterocycles. The molecule has 5 rings (SSSR count). The highest BCUT2D eigenvalue weighted by molar-refractivity contribution is 6.02. The molecule has 0 saturated heterocycles. The molecule has 1 N–H and O–H groups in total. The molecule has 1 unspecified atom stereocenters. The molecule has 2 saturated carbocycles. The van der Waals surface area contributed by atoms with Gasteiger partial charge in [-0.05, 0) is 54.9 Å². The molecule has 0 bridgehead atoms. The third kappa shape index (κ3) is 3.64. The SMILES string of the molecule is COc1ccc(-c2cccc3c2CCC3=O)c(OC(CC2CCC2)C2(C(=O)O)CCC2)c1OC. The Balaban J connectivity index is 1.63. The Morgan fingerprint density at radius 3 is 2.35 bits per heavy atom. The molecule has 180 valence electrons. The van der Waals surface area contributed by atoms with Crippen LogP contribution in [0.3, 0.4) is 0 Å². The molecule has 6 heteroatoms. The number of methoxy groups -OCH3 is 2. The maximum Gasteiger partial charge on any atom is 0.313 e. The van der Waals surface area contributed by atoms with E-state index in [1.807, 2.05) is 30.3 Å². The standard InChI is InChI=1S/C28H32O6/c1-32-23-13-11-21(18-8-4-9-20-19(18)10-12-22(20)29)25(26(23)33-2)34-24(16-17-6-3-7-17)28(27(30)31)14-5-15-28/h4,8-9,11,13,17,24H,3,5-7,10,12,14-16H2,1-2H3,(H,30,31). The van der Waals surface area contributed by atoms with Crippen molar-refractivity contribution in [1.82, 2.24) is 0 Å². The fourth-order valence-electron chi connectivity index (χ4n) is 5.76. The van der Waals surface area contributed by atoms with Gasteiger partial charge in [-0.15, -0.1) is 0 Å². The van der Waals surface area contributed by atoms with Crippen molar-refractivity contribution in [1.29, 1.82) is 0 Å². The molecule has 1 atom stereocenters. The molecular weight excluding hydrogens is 432 g/mol.